The van der Waals surface area contributed by atoms with Gasteiger partial charge in [-0.25, -0.2) is 4.98 Å². The van der Waals surface area contributed by atoms with Crippen LogP contribution in [0.1, 0.15) is 42.8 Å². The molecule has 1 aromatic rings. The molecule has 194 valence electrons. The van der Waals surface area contributed by atoms with Gasteiger partial charge in [0.1, 0.15) is 5.82 Å². The zero-order chi connectivity index (χ0) is 25.3. The minimum atomic E-state index is -0.207. The number of aromatic amines is 1. The minimum Gasteiger partial charge on any atom is -0.377 e. The molecule has 0 aromatic carbocycles. The van der Waals surface area contributed by atoms with Crippen molar-refractivity contribution in [3.8, 4) is 0 Å². The Morgan fingerprint density at radius 1 is 1.25 bits per heavy atom. The summed E-state index contributed by atoms with van der Waals surface area (Å²) in [4.78, 5) is 47.0. The van der Waals surface area contributed by atoms with Crippen LogP contribution in [0.2, 0.25) is 0 Å². The summed E-state index contributed by atoms with van der Waals surface area (Å²) < 4.78 is 10.9. The number of carbonyl (C=O) groups is 2. The van der Waals surface area contributed by atoms with Gasteiger partial charge in [-0.05, 0) is 44.7 Å². The summed E-state index contributed by atoms with van der Waals surface area (Å²) in [5.41, 5.74) is 1.75. The average Bonchev–Trinajstić information content (AvgIpc) is 3.71. The first-order valence-corrected chi connectivity index (χ1v) is 12.8. The van der Waals surface area contributed by atoms with Crippen molar-refractivity contribution >= 4 is 11.7 Å². The van der Waals surface area contributed by atoms with Crippen molar-refractivity contribution in [2.75, 3.05) is 39.5 Å². The van der Waals surface area contributed by atoms with Gasteiger partial charge in [-0.15, -0.1) is 0 Å². The number of likely N-dealkylation sites (tertiary alicyclic amines) is 1. The number of nitrogens with one attached hydrogen (secondary N) is 2. The summed E-state index contributed by atoms with van der Waals surface area (Å²) in [6, 6.07) is 0. The van der Waals surface area contributed by atoms with Gasteiger partial charge in [-0.3, -0.25) is 19.3 Å². The number of aromatic nitrogens is 2. The molecule has 1 aromatic heterocycles. The van der Waals surface area contributed by atoms with E-state index in [1.807, 2.05) is 12.2 Å². The molecule has 2 N–H and O–H groups in total. The molecule has 2 aliphatic heterocycles. The van der Waals surface area contributed by atoms with Gasteiger partial charge in [0.25, 0.3) is 5.56 Å². The van der Waals surface area contributed by atoms with Gasteiger partial charge in [0, 0.05) is 24.5 Å². The van der Waals surface area contributed by atoms with Gasteiger partial charge < -0.3 is 19.8 Å². The Labute approximate surface area is 211 Å². The molecule has 3 aliphatic rings. The predicted octanol–water partition coefficient (Wildman–Crippen LogP) is 1.84. The smallest absolute Gasteiger partial charge is 0.256 e. The summed E-state index contributed by atoms with van der Waals surface area (Å²) in [6.07, 6.45) is 11.6. The van der Waals surface area contributed by atoms with E-state index in [0.29, 0.717) is 62.5 Å². The molecule has 3 heterocycles. The molecule has 2 fully saturated rings. The standard InChI is InChI=1S/C27H36N4O5/c1-2-4-20(5-3-13-35-17-19-6-7-19)26(33)21-8-11-31(12-9-21)16-25(32)28-15-24-29-23-10-14-36-18-22(23)27(34)30-24/h2-5,19,21H,1,6-18H2,(H,28,32)(H,29,30,34)/b5-3-,20-4+. The molecule has 4 rings (SSSR count). The van der Waals surface area contributed by atoms with Crippen LogP contribution in [-0.4, -0.2) is 66.0 Å². The van der Waals surface area contributed by atoms with Gasteiger partial charge in [0.15, 0.2) is 5.78 Å². The molecule has 0 atom stereocenters. The van der Waals surface area contributed by atoms with Crippen LogP contribution in [0.25, 0.3) is 0 Å². The van der Waals surface area contributed by atoms with Crippen LogP contribution in [0.15, 0.2) is 41.3 Å². The molecule has 0 radical (unpaired) electrons. The number of rotatable bonds is 12. The lowest BCUT2D eigenvalue weighted by Crippen LogP contribution is -2.43. The summed E-state index contributed by atoms with van der Waals surface area (Å²) in [7, 11) is 0. The molecule has 0 unspecified atom stereocenters. The third kappa shape index (κ3) is 7.56. The normalized spacial score (nSPS) is 19.3. The lowest BCUT2D eigenvalue weighted by atomic mass is 9.88. The van der Waals surface area contributed by atoms with Crippen molar-refractivity contribution in [3.63, 3.8) is 0 Å². The zero-order valence-electron chi connectivity index (χ0n) is 20.8. The number of amides is 1. The van der Waals surface area contributed by atoms with Gasteiger partial charge in [-0.2, -0.15) is 0 Å². The molecule has 9 heteroatoms. The zero-order valence-corrected chi connectivity index (χ0v) is 20.8. The third-order valence-corrected chi connectivity index (χ3v) is 6.80. The van der Waals surface area contributed by atoms with E-state index < -0.39 is 0 Å². The van der Waals surface area contributed by atoms with Crippen molar-refractivity contribution in [2.24, 2.45) is 11.8 Å². The number of H-pyrrole nitrogens is 1. The first kappa shape index (κ1) is 26.2. The Bertz CT molecular complexity index is 1060. The Morgan fingerprint density at radius 2 is 2.06 bits per heavy atom. The van der Waals surface area contributed by atoms with Crippen molar-refractivity contribution in [3.05, 3.63) is 63.9 Å². The topological polar surface area (TPSA) is 114 Å². The Kier molecular flexibility index (Phi) is 9.38. The molecule has 1 saturated heterocycles. The lowest BCUT2D eigenvalue weighted by molar-refractivity contribution is -0.123. The Balaban J connectivity index is 1.19. The van der Waals surface area contributed by atoms with Crippen molar-refractivity contribution in [1.82, 2.24) is 20.2 Å². The summed E-state index contributed by atoms with van der Waals surface area (Å²) in [5, 5.41) is 2.84. The number of hydrogen-bond acceptors (Lipinski definition) is 7. The van der Waals surface area contributed by atoms with E-state index >= 15 is 0 Å². The highest BCUT2D eigenvalue weighted by Gasteiger charge is 2.27. The van der Waals surface area contributed by atoms with Gasteiger partial charge in [0.2, 0.25) is 5.91 Å². The van der Waals surface area contributed by atoms with Crippen molar-refractivity contribution in [2.45, 2.75) is 45.3 Å². The molecule has 1 aliphatic carbocycles. The van der Waals surface area contributed by atoms with E-state index in [0.717, 1.165) is 18.2 Å². The first-order valence-electron chi connectivity index (χ1n) is 12.8. The van der Waals surface area contributed by atoms with E-state index in [2.05, 4.69) is 26.8 Å². The fourth-order valence-electron chi connectivity index (χ4n) is 4.52. The van der Waals surface area contributed by atoms with E-state index in [4.69, 9.17) is 9.47 Å². The van der Waals surface area contributed by atoms with Gasteiger partial charge in [0.05, 0.1) is 44.2 Å². The Morgan fingerprint density at radius 3 is 2.81 bits per heavy atom. The molecule has 1 saturated carbocycles. The number of piperidine rings is 1. The van der Waals surface area contributed by atoms with Crippen LogP contribution in [0.3, 0.4) is 0 Å². The fourth-order valence-corrected chi connectivity index (χ4v) is 4.52. The van der Waals surface area contributed by atoms with Crippen LogP contribution >= 0.6 is 0 Å². The number of allylic oxidation sites excluding steroid dienone is 4. The largest absolute Gasteiger partial charge is 0.377 e. The molecular formula is C27H36N4O5. The second-order valence-corrected chi connectivity index (χ2v) is 9.67. The highest BCUT2D eigenvalue weighted by molar-refractivity contribution is 6.00. The number of nitrogens with zero attached hydrogens (tertiary/aromatic N) is 2. The number of Topliss-reactive ketones (excluding diaryl/α,β-unsaturated/α-hetero) is 1. The van der Waals surface area contributed by atoms with E-state index in [1.165, 1.54) is 12.8 Å². The van der Waals surface area contributed by atoms with Crippen molar-refractivity contribution < 1.29 is 19.1 Å². The van der Waals surface area contributed by atoms with Crippen LogP contribution in [0.4, 0.5) is 0 Å². The van der Waals surface area contributed by atoms with Gasteiger partial charge >= 0.3 is 0 Å². The monoisotopic (exact) mass is 496 g/mol. The number of ether oxygens (including phenoxy) is 2. The van der Waals surface area contributed by atoms with Gasteiger partial charge in [-0.1, -0.05) is 30.9 Å². The van der Waals surface area contributed by atoms with Crippen LogP contribution in [0, 0.1) is 11.8 Å². The summed E-state index contributed by atoms with van der Waals surface area (Å²) >= 11 is 0. The van der Waals surface area contributed by atoms with Crippen LogP contribution in [-0.2, 0) is 38.6 Å². The number of carbonyl (C=O) groups excluding carboxylic acids is 2. The predicted molar refractivity (Wildman–Crippen MR) is 135 cm³/mol. The van der Waals surface area contributed by atoms with E-state index in [-0.39, 0.29) is 42.9 Å². The molecule has 1 amide bonds. The highest BCUT2D eigenvalue weighted by atomic mass is 16.5. The molecule has 0 bridgehead atoms. The SMILES string of the molecule is C=C/C=C(\C=C/COCC1CC1)C(=O)C1CCN(CC(=O)NCc2nc3c(c(=O)[nH]2)COCC3)CC1. The molecule has 36 heavy (non-hydrogen) atoms. The van der Waals surface area contributed by atoms with Crippen LogP contribution < -0.4 is 10.9 Å². The number of ketones is 1. The average molecular weight is 497 g/mol. The fraction of sp³-hybridized carbons (Fsp3) is 0.556. The second-order valence-electron chi connectivity index (χ2n) is 9.67. The Hall–Kier alpha value is -2.88. The van der Waals surface area contributed by atoms with Crippen LogP contribution in [0.5, 0.6) is 0 Å². The van der Waals surface area contributed by atoms with E-state index in [1.54, 1.807) is 12.2 Å². The highest BCUT2D eigenvalue weighted by Crippen LogP contribution is 2.28. The summed E-state index contributed by atoms with van der Waals surface area (Å²) in [6.45, 7) is 7.63. The third-order valence-electron chi connectivity index (χ3n) is 6.80. The molecular weight excluding hydrogens is 460 g/mol. The second kappa shape index (κ2) is 12.9. The van der Waals surface area contributed by atoms with E-state index in [9.17, 15) is 14.4 Å². The maximum Gasteiger partial charge on any atom is 0.256 e. The summed E-state index contributed by atoms with van der Waals surface area (Å²) in [5.74, 6) is 1.08. The first-order chi connectivity index (χ1) is 17.5. The maximum absolute atomic E-state index is 13.0. The quantitative estimate of drug-likeness (QED) is 0.258. The maximum atomic E-state index is 13.0. The molecule has 0 spiro atoms. The molecule has 9 nitrogen and oxygen atoms in total. The number of fused-ring (bicyclic) bond motifs is 1. The number of hydrogen-bond donors (Lipinski definition) is 2. The lowest BCUT2D eigenvalue weighted by Gasteiger charge is -2.30. The van der Waals surface area contributed by atoms with Crippen molar-refractivity contribution in [1.29, 1.82) is 0 Å². The minimum absolute atomic E-state index is 0.0682.